The molecular formula is C14H14N4O4. The van der Waals surface area contributed by atoms with E-state index in [1.807, 2.05) is 0 Å². The van der Waals surface area contributed by atoms with E-state index in [0.717, 1.165) is 0 Å². The number of nitrogens with zero attached hydrogens (tertiary/aromatic N) is 2. The third kappa shape index (κ3) is 2.76. The van der Waals surface area contributed by atoms with Crippen molar-refractivity contribution < 1.29 is 18.8 Å². The Labute approximate surface area is 125 Å². The van der Waals surface area contributed by atoms with Crippen molar-refractivity contribution in [1.29, 1.82) is 0 Å². The largest absolute Gasteiger partial charge is 0.482 e. The average molecular weight is 302 g/mol. The lowest BCUT2D eigenvalue weighted by atomic mass is 10.1. The Morgan fingerprint density at radius 3 is 3.00 bits per heavy atom. The molecule has 22 heavy (non-hydrogen) atoms. The van der Waals surface area contributed by atoms with E-state index in [1.54, 1.807) is 32.0 Å². The molecule has 0 unspecified atom stereocenters. The maximum absolute atomic E-state index is 12.2. The molecule has 8 heteroatoms. The Bertz CT molecular complexity index is 740. The normalized spacial score (nSPS) is 14.5. The number of hydrogen-bond donors (Lipinski definition) is 2. The molecule has 0 saturated heterocycles. The van der Waals surface area contributed by atoms with Gasteiger partial charge < -0.3 is 19.9 Å². The van der Waals surface area contributed by atoms with E-state index in [2.05, 4.69) is 20.8 Å². The topological polar surface area (TPSA) is 106 Å². The number of amides is 2. The predicted octanol–water partition coefficient (Wildman–Crippen LogP) is 1.20. The Morgan fingerprint density at radius 2 is 2.27 bits per heavy atom. The number of hydrogen-bond acceptors (Lipinski definition) is 6. The van der Waals surface area contributed by atoms with Gasteiger partial charge in [-0.15, -0.1) is 0 Å². The molecular weight excluding hydrogens is 288 g/mol. The highest BCUT2D eigenvalue weighted by molar-refractivity contribution is 5.99. The number of fused-ring (bicyclic) bond motifs is 1. The van der Waals surface area contributed by atoms with Crippen LogP contribution in [-0.4, -0.2) is 28.6 Å². The van der Waals surface area contributed by atoms with Gasteiger partial charge in [-0.05, 0) is 32.0 Å². The van der Waals surface area contributed by atoms with Crippen LogP contribution in [0.15, 0.2) is 22.7 Å². The van der Waals surface area contributed by atoms with Gasteiger partial charge in [0.1, 0.15) is 11.8 Å². The van der Waals surface area contributed by atoms with Gasteiger partial charge in [0, 0.05) is 5.56 Å². The molecule has 8 nitrogen and oxygen atoms in total. The minimum absolute atomic E-state index is 0.0217. The van der Waals surface area contributed by atoms with E-state index in [1.165, 1.54) is 0 Å². The van der Waals surface area contributed by atoms with Gasteiger partial charge in [0.05, 0.1) is 5.69 Å². The van der Waals surface area contributed by atoms with E-state index in [4.69, 9.17) is 9.26 Å². The number of aromatic nitrogens is 2. The fourth-order valence-electron chi connectivity index (χ4n) is 2.06. The lowest BCUT2D eigenvalue weighted by Gasteiger charge is -2.18. The highest BCUT2D eigenvalue weighted by Gasteiger charge is 2.20. The smallest absolute Gasteiger partial charge is 0.262 e. The van der Waals surface area contributed by atoms with Crippen LogP contribution in [-0.2, 0) is 4.79 Å². The molecule has 0 aliphatic carbocycles. The number of benzene rings is 1. The molecule has 0 spiro atoms. The number of carbonyl (C=O) groups excluding carboxylic acids is 2. The summed E-state index contributed by atoms with van der Waals surface area (Å²) in [6, 6.07) is 4.41. The zero-order valence-corrected chi connectivity index (χ0v) is 12.0. The third-order valence-electron chi connectivity index (χ3n) is 3.14. The van der Waals surface area contributed by atoms with Crippen molar-refractivity contribution in [3.05, 3.63) is 35.5 Å². The molecule has 2 heterocycles. The Kier molecular flexibility index (Phi) is 3.50. The summed E-state index contributed by atoms with van der Waals surface area (Å²) in [4.78, 5) is 27.6. The second-order valence-electron chi connectivity index (χ2n) is 4.92. The van der Waals surface area contributed by atoms with Crippen LogP contribution in [0.25, 0.3) is 0 Å². The van der Waals surface area contributed by atoms with Gasteiger partial charge in [-0.3, -0.25) is 9.59 Å². The van der Waals surface area contributed by atoms with Crippen molar-refractivity contribution in [3.8, 4) is 5.75 Å². The number of anilines is 1. The Balaban J connectivity index is 1.75. The van der Waals surface area contributed by atoms with Gasteiger partial charge in [0.2, 0.25) is 5.89 Å². The highest BCUT2D eigenvalue weighted by atomic mass is 16.5. The summed E-state index contributed by atoms with van der Waals surface area (Å²) in [7, 11) is 0. The maximum Gasteiger partial charge on any atom is 0.262 e. The molecule has 0 fully saturated rings. The van der Waals surface area contributed by atoms with Gasteiger partial charge in [0.25, 0.3) is 11.8 Å². The van der Waals surface area contributed by atoms with Crippen LogP contribution < -0.4 is 15.4 Å². The third-order valence-corrected chi connectivity index (χ3v) is 3.14. The highest BCUT2D eigenvalue weighted by Crippen LogP contribution is 2.28. The summed E-state index contributed by atoms with van der Waals surface area (Å²) in [5.41, 5.74) is 0.873. The van der Waals surface area contributed by atoms with E-state index in [9.17, 15) is 9.59 Å². The number of rotatable bonds is 3. The standard InChI is InChI=1S/C14H14N4O4/c1-7(14-16-8(2)18-22-14)15-13(20)9-3-4-11-10(5-9)17-12(19)6-21-11/h3-5,7H,6H2,1-2H3,(H,15,20)(H,17,19)/t7-/m1/s1. The van der Waals surface area contributed by atoms with Crippen molar-refractivity contribution in [3.63, 3.8) is 0 Å². The lowest BCUT2D eigenvalue weighted by Crippen LogP contribution is -2.28. The monoisotopic (exact) mass is 302 g/mol. The van der Waals surface area contributed by atoms with Gasteiger partial charge in [0.15, 0.2) is 12.4 Å². The summed E-state index contributed by atoms with van der Waals surface area (Å²) >= 11 is 0. The minimum atomic E-state index is -0.421. The maximum atomic E-state index is 12.2. The first kappa shape index (κ1) is 14.1. The van der Waals surface area contributed by atoms with Crippen LogP contribution >= 0.6 is 0 Å². The van der Waals surface area contributed by atoms with Crippen LogP contribution in [0.2, 0.25) is 0 Å². The predicted molar refractivity (Wildman–Crippen MR) is 75.5 cm³/mol. The molecule has 3 rings (SSSR count). The molecule has 2 N–H and O–H groups in total. The molecule has 1 atom stereocenters. The van der Waals surface area contributed by atoms with Gasteiger partial charge in [-0.1, -0.05) is 5.16 Å². The molecule has 0 radical (unpaired) electrons. The molecule has 114 valence electrons. The van der Waals surface area contributed by atoms with Crippen molar-refractivity contribution in [2.24, 2.45) is 0 Å². The zero-order valence-electron chi connectivity index (χ0n) is 12.0. The summed E-state index contributed by atoms with van der Waals surface area (Å²) in [5, 5.41) is 9.10. The minimum Gasteiger partial charge on any atom is -0.482 e. The fraction of sp³-hybridized carbons (Fsp3) is 0.286. The van der Waals surface area contributed by atoms with E-state index in [-0.39, 0.29) is 18.4 Å². The van der Waals surface area contributed by atoms with Gasteiger partial charge in [-0.25, -0.2) is 0 Å². The first-order valence-corrected chi connectivity index (χ1v) is 6.70. The van der Waals surface area contributed by atoms with Crippen molar-refractivity contribution in [2.45, 2.75) is 19.9 Å². The first-order valence-electron chi connectivity index (χ1n) is 6.70. The number of ether oxygens (including phenoxy) is 1. The van der Waals surface area contributed by atoms with Crippen LogP contribution in [0.3, 0.4) is 0 Å². The summed E-state index contributed by atoms with van der Waals surface area (Å²) in [6.07, 6.45) is 0. The van der Waals surface area contributed by atoms with E-state index < -0.39 is 6.04 Å². The molecule has 2 aromatic rings. The van der Waals surface area contributed by atoms with Crippen LogP contribution in [0.4, 0.5) is 5.69 Å². The van der Waals surface area contributed by atoms with Crippen LogP contribution in [0.5, 0.6) is 5.75 Å². The molecule has 0 bridgehead atoms. The average Bonchev–Trinajstić information content (AvgIpc) is 2.93. The van der Waals surface area contributed by atoms with Gasteiger partial charge >= 0.3 is 0 Å². The van der Waals surface area contributed by atoms with E-state index in [0.29, 0.717) is 28.7 Å². The van der Waals surface area contributed by atoms with E-state index >= 15 is 0 Å². The lowest BCUT2D eigenvalue weighted by molar-refractivity contribution is -0.118. The van der Waals surface area contributed by atoms with Gasteiger partial charge in [-0.2, -0.15) is 4.98 Å². The number of carbonyl (C=O) groups is 2. The summed E-state index contributed by atoms with van der Waals surface area (Å²) < 4.78 is 10.3. The summed E-state index contributed by atoms with van der Waals surface area (Å²) in [5.74, 6) is 0.813. The fourth-order valence-corrected chi connectivity index (χ4v) is 2.06. The SMILES string of the molecule is Cc1noc([C@@H](C)NC(=O)c2ccc3c(c2)NC(=O)CO3)n1. The molecule has 1 aliphatic heterocycles. The van der Waals surface area contributed by atoms with Crippen molar-refractivity contribution >= 4 is 17.5 Å². The number of aryl methyl sites for hydroxylation is 1. The molecule has 2 amide bonds. The summed E-state index contributed by atoms with van der Waals surface area (Å²) in [6.45, 7) is 3.42. The second-order valence-corrected chi connectivity index (χ2v) is 4.92. The van der Waals surface area contributed by atoms with Crippen LogP contribution in [0.1, 0.15) is 35.0 Å². The number of nitrogens with one attached hydrogen (secondary N) is 2. The Hall–Kier alpha value is -2.90. The van der Waals surface area contributed by atoms with Crippen molar-refractivity contribution in [1.82, 2.24) is 15.5 Å². The molecule has 1 aliphatic rings. The molecule has 0 saturated carbocycles. The second kappa shape index (κ2) is 5.47. The zero-order chi connectivity index (χ0) is 15.7. The quantitative estimate of drug-likeness (QED) is 0.882. The van der Waals surface area contributed by atoms with Crippen LogP contribution in [0, 0.1) is 6.92 Å². The first-order chi connectivity index (χ1) is 10.5. The Morgan fingerprint density at radius 1 is 1.45 bits per heavy atom. The molecule has 1 aromatic carbocycles. The van der Waals surface area contributed by atoms with Crippen molar-refractivity contribution in [2.75, 3.05) is 11.9 Å². The molecule has 1 aromatic heterocycles.